The van der Waals surface area contributed by atoms with E-state index >= 15 is 0 Å². The number of benzene rings is 1. The van der Waals surface area contributed by atoms with Crippen LogP contribution in [0.3, 0.4) is 0 Å². The number of hydrogen-bond acceptors (Lipinski definition) is 5. The Bertz CT molecular complexity index is 965. The van der Waals surface area contributed by atoms with Gasteiger partial charge in [-0.05, 0) is 57.3 Å². The minimum absolute atomic E-state index is 0.0691. The van der Waals surface area contributed by atoms with Gasteiger partial charge in [-0.25, -0.2) is 4.98 Å². The summed E-state index contributed by atoms with van der Waals surface area (Å²) in [6.45, 7) is 0. The monoisotopic (exact) mass is 375 g/mol. The van der Waals surface area contributed by atoms with Crippen molar-refractivity contribution in [2.24, 2.45) is 5.92 Å². The quantitative estimate of drug-likeness (QED) is 0.752. The van der Waals surface area contributed by atoms with Crippen LogP contribution in [0.25, 0.3) is 22.0 Å². The summed E-state index contributed by atoms with van der Waals surface area (Å²) in [5, 5.41) is 5.06. The number of hydrogen-bond donors (Lipinski definition) is 1. The highest BCUT2D eigenvalue weighted by molar-refractivity contribution is 5.95. The summed E-state index contributed by atoms with van der Waals surface area (Å²) in [6.07, 6.45) is 10.9. The molecule has 0 spiro atoms. The maximum absolute atomic E-state index is 12.7. The number of pyridine rings is 1. The SMILES string of the molecule is CN(C)[C@H]1CC[C@H](C(=O)Nc2cc3cc(-c4cnccn4)ccc3cn2)CC1. The second kappa shape index (κ2) is 8.02. The number of amides is 1. The van der Waals surface area contributed by atoms with Crippen molar-refractivity contribution in [3.63, 3.8) is 0 Å². The lowest BCUT2D eigenvalue weighted by Gasteiger charge is -2.31. The van der Waals surface area contributed by atoms with E-state index in [9.17, 15) is 4.79 Å². The predicted molar refractivity (Wildman–Crippen MR) is 111 cm³/mol. The van der Waals surface area contributed by atoms with Crippen LogP contribution in [0.15, 0.2) is 49.1 Å². The van der Waals surface area contributed by atoms with Gasteiger partial charge in [-0.3, -0.25) is 14.8 Å². The second-order valence-corrected chi connectivity index (χ2v) is 7.68. The lowest BCUT2D eigenvalue weighted by molar-refractivity contribution is -0.121. The zero-order valence-corrected chi connectivity index (χ0v) is 16.3. The van der Waals surface area contributed by atoms with Gasteiger partial charge < -0.3 is 10.2 Å². The van der Waals surface area contributed by atoms with Crippen molar-refractivity contribution in [3.8, 4) is 11.3 Å². The summed E-state index contributed by atoms with van der Waals surface area (Å²) < 4.78 is 0. The molecule has 144 valence electrons. The van der Waals surface area contributed by atoms with E-state index in [0.29, 0.717) is 11.9 Å². The van der Waals surface area contributed by atoms with Gasteiger partial charge in [0, 0.05) is 41.5 Å². The van der Waals surface area contributed by atoms with Gasteiger partial charge in [0.05, 0.1) is 11.9 Å². The van der Waals surface area contributed by atoms with Crippen molar-refractivity contribution in [1.82, 2.24) is 19.9 Å². The van der Waals surface area contributed by atoms with Gasteiger partial charge in [-0.2, -0.15) is 0 Å². The molecule has 1 amide bonds. The molecule has 0 atom stereocenters. The largest absolute Gasteiger partial charge is 0.310 e. The molecule has 0 aliphatic heterocycles. The van der Waals surface area contributed by atoms with E-state index in [1.54, 1.807) is 24.8 Å². The third-order valence-electron chi connectivity index (χ3n) is 5.63. The third kappa shape index (κ3) is 4.02. The Morgan fingerprint density at radius 3 is 2.54 bits per heavy atom. The summed E-state index contributed by atoms with van der Waals surface area (Å²) in [5.74, 6) is 0.747. The van der Waals surface area contributed by atoms with Crippen LogP contribution in [-0.4, -0.2) is 45.9 Å². The van der Waals surface area contributed by atoms with Crippen molar-refractivity contribution >= 4 is 22.5 Å². The fraction of sp³-hybridized carbons (Fsp3) is 0.364. The number of nitrogens with zero attached hydrogens (tertiary/aromatic N) is 4. The Kier molecular flexibility index (Phi) is 5.30. The van der Waals surface area contributed by atoms with E-state index < -0.39 is 0 Å². The lowest BCUT2D eigenvalue weighted by atomic mass is 9.85. The van der Waals surface area contributed by atoms with Crippen molar-refractivity contribution in [3.05, 3.63) is 49.1 Å². The average Bonchev–Trinajstić information content (AvgIpc) is 2.74. The first-order chi connectivity index (χ1) is 13.6. The van der Waals surface area contributed by atoms with Crippen molar-refractivity contribution in [2.75, 3.05) is 19.4 Å². The highest BCUT2D eigenvalue weighted by Gasteiger charge is 2.27. The molecule has 4 rings (SSSR count). The van der Waals surface area contributed by atoms with E-state index in [1.807, 2.05) is 18.2 Å². The molecule has 0 bridgehead atoms. The van der Waals surface area contributed by atoms with Crippen LogP contribution in [0.4, 0.5) is 5.82 Å². The standard InChI is InChI=1S/C22H25N5O/c1-27(2)19-7-5-15(6-8-19)22(28)26-21-12-18-11-16(3-4-17(18)13-25-21)20-14-23-9-10-24-20/h3-4,9-15,19H,5-8H2,1-2H3,(H,25,26,28)/t15-,19-. The molecule has 2 heterocycles. The minimum Gasteiger partial charge on any atom is -0.310 e. The fourth-order valence-corrected chi connectivity index (χ4v) is 3.90. The first kappa shape index (κ1) is 18.5. The maximum Gasteiger partial charge on any atom is 0.228 e. The van der Waals surface area contributed by atoms with Crippen LogP contribution in [-0.2, 0) is 4.79 Å². The van der Waals surface area contributed by atoms with Crippen LogP contribution in [0, 0.1) is 5.92 Å². The number of fused-ring (bicyclic) bond motifs is 1. The number of aromatic nitrogens is 3. The van der Waals surface area contributed by atoms with Crippen LogP contribution in [0.5, 0.6) is 0 Å². The Labute approximate surface area is 165 Å². The normalized spacial score (nSPS) is 19.7. The second-order valence-electron chi connectivity index (χ2n) is 7.68. The number of carbonyl (C=O) groups excluding carboxylic acids is 1. The topological polar surface area (TPSA) is 71.0 Å². The Balaban J connectivity index is 1.49. The Hall–Kier alpha value is -2.86. The van der Waals surface area contributed by atoms with Crippen LogP contribution < -0.4 is 5.32 Å². The highest BCUT2D eigenvalue weighted by atomic mass is 16.1. The first-order valence-electron chi connectivity index (χ1n) is 9.73. The maximum atomic E-state index is 12.7. The van der Waals surface area contributed by atoms with Gasteiger partial charge >= 0.3 is 0 Å². The summed E-state index contributed by atoms with van der Waals surface area (Å²) in [6, 6.07) is 8.59. The van der Waals surface area contributed by atoms with Crippen molar-refractivity contribution < 1.29 is 4.79 Å². The molecule has 1 saturated carbocycles. The van der Waals surface area contributed by atoms with Crippen molar-refractivity contribution in [1.29, 1.82) is 0 Å². The fourth-order valence-electron chi connectivity index (χ4n) is 3.90. The van der Waals surface area contributed by atoms with E-state index in [1.165, 1.54) is 0 Å². The molecule has 28 heavy (non-hydrogen) atoms. The average molecular weight is 375 g/mol. The van der Waals surface area contributed by atoms with E-state index in [-0.39, 0.29) is 11.8 Å². The number of anilines is 1. The number of rotatable bonds is 4. The van der Waals surface area contributed by atoms with Gasteiger partial charge in [-0.1, -0.05) is 12.1 Å². The zero-order chi connectivity index (χ0) is 19.5. The number of nitrogens with one attached hydrogen (secondary N) is 1. The van der Waals surface area contributed by atoms with Gasteiger partial charge in [0.1, 0.15) is 5.82 Å². The summed E-state index contributed by atoms with van der Waals surface area (Å²) >= 11 is 0. The molecule has 3 aromatic rings. The van der Waals surface area contributed by atoms with Gasteiger partial charge in [-0.15, -0.1) is 0 Å². The van der Waals surface area contributed by atoms with E-state index in [4.69, 9.17) is 0 Å². The van der Waals surface area contributed by atoms with Crippen molar-refractivity contribution in [2.45, 2.75) is 31.7 Å². The lowest BCUT2D eigenvalue weighted by Crippen LogP contribution is -2.35. The minimum atomic E-state index is 0.0691. The molecule has 1 N–H and O–H groups in total. The molecule has 1 aliphatic carbocycles. The summed E-state index contributed by atoms with van der Waals surface area (Å²) in [5.41, 5.74) is 1.82. The molecular weight excluding hydrogens is 350 g/mol. The van der Waals surface area contributed by atoms with Gasteiger partial charge in [0.2, 0.25) is 5.91 Å². The molecule has 2 aromatic heterocycles. The van der Waals surface area contributed by atoms with Gasteiger partial charge in [0.15, 0.2) is 0 Å². The van der Waals surface area contributed by atoms with E-state index in [0.717, 1.165) is 47.7 Å². The van der Waals surface area contributed by atoms with Crippen LogP contribution in [0.1, 0.15) is 25.7 Å². The Morgan fingerprint density at radius 1 is 1.00 bits per heavy atom. The third-order valence-corrected chi connectivity index (χ3v) is 5.63. The zero-order valence-electron chi connectivity index (χ0n) is 16.3. The Morgan fingerprint density at radius 2 is 1.82 bits per heavy atom. The summed E-state index contributed by atoms with van der Waals surface area (Å²) in [4.78, 5) is 27.8. The predicted octanol–water partition coefficient (Wildman–Crippen LogP) is 3.75. The smallest absolute Gasteiger partial charge is 0.228 e. The summed E-state index contributed by atoms with van der Waals surface area (Å²) in [7, 11) is 4.22. The molecule has 6 heteroatoms. The molecular formula is C22H25N5O. The molecule has 6 nitrogen and oxygen atoms in total. The molecule has 1 fully saturated rings. The molecule has 0 unspecified atom stereocenters. The van der Waals surface area contributed by atoms with Crippen LogP contribution in [0.2, 0.25) is 0 Å². The number of carbonyl (C=O) groups is 1. The van der Waals surface area contributed by atoms with Gasteiger partial charge in [0.25, 0.3) is 0 Å². The highest BCUT2D eigenvalue weighted by Crippen LogP contribution is 2.28. The molecule has 1 aromatic carbocycles. The molecule has 0 radical (unpaired) electrons. The first-order valence-corrected chi connectivity index (χ1v) is 9.73. The molecule has 1 aliphatic rings. The molecule has 0 saturated heterocycles. The van der Waals surface area contributed by atoms with E-state index in [2.05, 4.69) is 45.3 Å². The van der Waals surface area contributed by atoms with Crippen LogP contribution >= 0.6 is 0 Å².